The fraction of sp³-hybridized carbons (Fsp3) is 0.300. The van der Waals surface area contributed by atoms with E-state index in [1.54, 1.807) is 17.0 Å². The van der Waals surface area contributed by atoms with E-state index in [0.717, 1.165) is 24.1 Å². The number of hydrogen-bond acceptors (Lipinski definition) is 2. The normalized spacial score (nSPS) is 17.2. The van der Waals surface area contributed by atoms with Crippen molar-refractivity contribution in [3.63, 3.8) is 0 Å². The number of hydrogen-bond donors (Lipinski definition) is 1. The lowest BCUT2D eigenvalue weighted by Gasteiger charge is -2.32. The minimum absolute atomic E-state index is 0.0575. The van der Waals surface area contributed by atoms with Crippen LogP contribution in [0.25, 0.3) is 0 Å². The summed E-state index contributed by atoms with van der Waals surface area (Å²) in [7, 11) is 0. The van der Waals surface area contributed by atoms with Gasteiger partial charge in [-0.05, 0) is 44.0 Å². The van der Waals surface area contributed by atoms with Crippen molar-refractivity contribution >= 4 is 17.5 Å². The van der Waals surface area contributed by atoms with Gasteiger partial charge >= 0.3 is 0 Å². The van der Waals surface area contributed by atoms with Crippen molar-refractivity contribution in [2.75, 3.05) is 18.4 Å². The monoisotopic (exact) mass is 340 g/mol. The zero-order valence-electron chi connectivity index (χ0n) is 14.2. The molecule has 4 nitrogen and oxygen atoms in total. The Morgan fingerprint density at radius 1 is 1.12 bits per heavy atom. The maximum absolute atomic E-state index is 13.8. The van der Waals surface area contributed by atoms with Gasteiger partial charge in [-0.1, -0.05) is 29.8 Å². The van der Waals surface area contributed by atoms with Crippen LogP contribution in [0.5, 0.6) is 0 Å². The molecule has 0 aliphatic carbocycles. The lowest BCUT2D eigenvalue weighted by molar-refractivity contribution is -0.121. The Bertz CT molecular complexity index is 774. The van der Waals surface area contributed by atoms with Crippen molar-refractivity contribution in [3.8, 4) is 0 Å². The number of halogens is 1. The first kappa shape index (κ1) is 17.1. The van der Waals surface area contributed by atoms with Crippen LogP contribution in [0, 0.1) is 18.7 Å². The fourth-order valence-electron chi connectivity index (χ4n) is 3.06. The van der Waals surface area contributed by atoms with Gasteiger partial charge in [0.2, 0.25) is 5.91 Å². The van der Waals surface area contributed by atoms with E-state index in [9.17, 15) is 14.0 Å². The van der Waals surface area contributed by atoms with Crippen molar-refractivity contribution in [1.82, 2.24) is 4.90 Å². The highest BCUT2D eigenvalue weighted by atomic mass is 19.1. The summed E-state index contributed by atoms with van der Waals surface area (Å²) < 4.78 is 13.8. The van der Waals surface area contributed by atoms with E-state index >= 15 is 0 Å². The van der Waals surface area contributed by atoms with E-state index in [-0.39, 0.29) is 23.3 Å². The SMILES string of the molecule is Cc1ccc(NC(=O)[C@@H]2CCCN(C(=O)c3ccccc3F)C2)cc1. The average molecular weight is 340 g/mol. The second-order valence-electron chi connectivity index (χ2n) is 6.43. The smallest absolute Gasteiger partial charge is 0.256 e. The number of aryl methyl sites for hydroxylation is 1. The largest absolute Gasteiger partial charge is 0.338 e. The predicted molar refractivity (Wildman–Crippen MR) is 94.8 cm³/mol. The lowest BCUT2D eigenvalue weighted by atomic mass is 9.96. The van der Waals surface area contributed by atoms with Gasteiger partial charge in [0.15, 0.2) is 0 Å². The molecule has 2 amide bonds. The molecule has 0 spiro atoms. The molecule has 1 aliphatic heterocycles. The highest BCUT2D eigenvalue weighted by Gasteiger charge is 2.29. The van der Waals surface area contributed by atoms with Crippen LogP contribution < -0.4 is 5.32 Å². The van der Waals surface area contributed by atoms with Gasteiger partial charge in [0.05, 0.1) is 11.5 Å². The summed E-state index contributed by atoms with van der Waals surface area (Å²) in [5, 5.41) is 2.90. The number of rotatable bonds is 3. The minimum atomic E-state index is -0.529. The molecule has 1 N–H and O–H groups in total. The molecular formula is C20H21FN2O2. The number of amides is 2. The van der Waals surface area contributed by atoms with Crippen LogP contribution in [0.1, 0.15) is 28.8 Å². The van der Waals surface area contributed by atoms with Crippen LogP contribution in [-0.2, 0) is 4.79 Å². The number of piperidine rings is 1. The molecule has 130 valence electrons. The van der Waals surface area contributed by atoms with Crippen LogP contribution in [0.15, 0.2) is 48.5 Å². The molecule has 2 aromatic carbocycles. The predicted octanol–water partition coefficient (Wildman–Crippen LogP) is 3.63. The summed E-state index contributed by atoms with van der Waals surface area (Å²) in [6.07, 6.45) is 1.45. The van der Waals surface area contributed by atoms with Crippen LogP contribution in [0.2, 0.25) is 0 Å². The van der Waals surface area contributed by atoms with E-state index in [2.05, 4.69) is 5.32 Å². The average Bonchev–Trinajstić information content (AvgIpc) is 2.63. The van der Waals surface area contributed by atoms with Gasteiger partial charge in [0.25, 0.3) is 5.91 Å². The third kappa shape index (κ3) is 4.05. The Hall–Kier alpha value is -2.69. The van der Waals surface area contributed by atoms with Gasteiger partial charge in [-0.15, -0.1) is 0 Å². The number of benzene rings is 2. The number of carbonyl (C=O) groups is 2. The third-order valence-electron chi connectivity index (χ3n) is 4.50. The van der Waals surface area contributed by atoms with E-state index in [4.69, 9.17) is 0 Å². The second-order valence-corrected chi connectivity index (χ2v) is 6.43. The molecule has 0 saturated carbocycles. The first-order chi connectivity index (χ1) is 12.0. The molecule has 1 aliphatic rings. The summed E-state index contributed by atoms with van der Waals surface area (Å²) in [5.74, 6) is -1.27. The quantitative estimate of drug-likeness (QED) is 0.928. The van der Waals surface area contributed by atoms with Gasteiger partial charge in [-0.3, -0.25) is 9.59 Å². The minimum Gasteiger partial charge on any atom is -0.338 e. The van der Waals surface area contributed by atoms with Gasteiger partial charge in [-0.2, -0.15) is 0 Å². The zero-order chi connectivity index (χ0) is 17.8. The topological polar surface area (TPSA) is 49.4 Å². The fourth-order valence-corrected chi connectivity index (χ4v) is 3.06. The molecule has 5 heteroatoms. The van der Waals surface area contributed by atoms with E-state index in [1.807, 2.05) is 31.2 Å². The van der Waals surface area contributed by atoms with Crippen LogP contribution >= 0.6 is 0 Å². The molecule has 0 radical (unpaired) electrons. The molecule has 1 atom stereocenters. The maximum Gasteiger partial charge on any atom is 0.256 e. The maximum atomic E-state index is 13.8. The van der Waals surface area contributed by atoms with Crippen LogP contribution in [0.3, 0.4) is 0 Å². The summed E-state index contributed by atoms with van der Waals surface area (Å²) in [6.45, 7) is 2.84. The van der Waals surface area contributed by atoms with Crippen LogP contribution in [0.4, 0.5) is 10.1 Å². The number of likely N-dealkylation sites (tertiary alicyclic amines) is 1. The van der Waals surface area contributed by atoms with E-state index in [1.165, 1.54) is 12.1 Å². The molecular weight excluding hydrogens is 319 g/mol. The first-order valence-corrected chi connectivity index (χ1v) is 8.46. The first-order valence-electron chi connectivity index (χ1n) is 8.46. The third-order valence-corrected chi connectivity index (χ3v) is 4.50. The van der Waals surface area contributed by atoms with Crippen LogP contribution in [-0.4, -0.2) is 29.8 Å². The van der Waals surface area contributed by atoms with Crippen molar-refractivity contribution < 1.29 is 14.0 Å². The second kappa shape index (κ2) is 7.47. The molecule has 0 aromatic heterocycles. The lowest BCUT2D eigenvalue weighted by Crippen LogP contribution is -2.44. The van der Waals surface area contributed by atoms with Crippen molar-refractivity contribution in [1.29, 1.82) is 0 Å². The molecule has 1 fully saturated rings. The van der Waals surface area contributed by atoms with Gasteiger partial charge < -0.3 is 10.2 Å². The van der Waals surface area contributed by atoms with E-state index in [0.29, 0.717) is 13.1 Å². The number of carbonyl (C=O) groups excluding carboxylic acids is 2. The molecule has 0 unspecified atom stereocenters. The Labute approximate surface area is 146 Å². The van der Waals surface area contributed by atoms with E-state index < -0.39 is 5.82 Å². The number of nitrogens with one attached hydrogen (secondary N) is 1. The van der Waals surface area contributed by atoms with Gasteiger partial charge in [0.1, 0.15) is 5.82 Å². The van der Waals surface area contributed by atoms with Crippen molar-refractivity contribution in [2.24, 2.45) is 5.92 Å². The molecule has 1 saturated heterocycles. The summed E-state index contributed by atoms with van der Waals surface area (Å²) in [4.78, 5) is 26.6. The molecule has 25 heavy (non-hydrogen) atoms. The molecule has 3 rings (SSSR count). The Kier molecular flexibility index (Phi) is 5.12. The highest BCUT2D eigenvalue weighted by Crippen LogP contribution is 2.21. The summed E-state index contributed by atoms with van der Waals surface area (Å²) in [6, 6.07) is 13.5. The van der Waals surface area contributed by atoms with Crippen molar-refractivity contribution in [2.45, 2.75) is 19.8 Å². The zero-order valence-corrected chi connectivity index (χ0v) is 14.2. The Morgan fingerprint density at radius 3 is 2.56 bits per heavy atom. The Balaban J connectivity index is 1.66. The molecule has 2 aromatic rings. The number of nitrogens with zero attached hydrogens (tertiary/aromatic N) is 1. The summed E-state index contributed by atoms with van der Waals surface area (Å²) in [5.41, 5.74) is 1.92. The number of anilines is 1. The highest BCUT2D eigenvalue weighted by molar-refractivity contribution is 5.96. The van der Waals surface area contributed by atoms with Gasteiger partial charge in [0, 0.05) is 18.8 Å². The van der Waals surface area contributed by atoms with Crippen molar-refractivity contribution in [3.05, 3.63) is 65.5 Å². The standard InChI is InChI=1S/C20H21FN2O2/c1-14-8-10-16(11-9-14)22-19(24)15-5-4-12-23(13-15)20(25)17-6-2-3-7-18(17)21/h2-3,6-11,15H,4-5,12-13H2,1H3,(H,22,24)/t15-/m1/s1. The Morgan fingerprint density at radius 2 is 1.84 bits per heavy atom. The van der Waals surface area contributed by atoms with Gasteiger partial charge in [-0.25, -0.2) is 4.39 Å². The molecule has 0 bridgehead atoms. The summed E-state index contributed by atoms with van der Waals surface area (Å²) >= 11 is 0. The molecule has 1 heterocycles.